The summed E-state index contributed by atoms with van der Waals surface area (Å²) in [4.78, 5) is 36.6. The number of benzene rings is 1. The van der Waals surface area contributed by atoms with Gasteiger partial charge in [0.25, 0.3) is 5.91 Å². The molecule has 0 aliphatic carbocycles. The van der Waals surface area contributed by atoms with Gasteiger partial charge in [0.05, 0.1) is 16.9 Å². The van der Waals surface area contributed by atoms with E-state index < -0.39 is 0 Å². The molecule has 1 spiro atoms. The molecule has 0 bridgehead atoms. The molecule has 0 radical (unpaired) electrons. The van der Waals surface area contributed by atoms with Crippen LogP contribution in [0, 0.1) is 5.41 Å². The minimum absolute atomic E-state index is 0.117. The Morgan fingerprint density at radius 2 is 2.00 bits per heavy atom. The van der Waals surface area contributed by atoms with E-state index in [-0.39, 0.29) is 17.4 Å². The highest BCUT2D eigenvalue weighted by atomic mass is 16.2. The number of pyridine rings is 1. The van der Waals surface area contributed by atoms with Crippen molar-refractivity contribution < 1.29 is 9.59 Å². The number of nitrogens with one attached hydrogen (secondary N) is 1. The predicted molar refractivity (Wildman–Crippen MR) is 112 cm³/mol. The molecule has 1 aromatic carbocycles. The molecule has 2 aromatic rings. The van der Waals surface area contributed by atoms with Crippen molar-refractivity contribution in [1.29, 1.82) is 0 Å². The lowest BCUT2D eigenvalue weighted by Gasteiger charge is -2.49. The van der Waals surface area contributed by atoms with Crippen molar-refractivity contribution in [3.8, 4) is 0 Å². The van der Waals surface area contributed by atoms with Crippen LogP contribution in [0.5, 0.6) is 0 Å². The van der Waals surface area contributed by atoms with E-state index in [2.05, 4.69) is 22.1 Å². The Morgan fingerprint density at radius 1 is 1.17 bits per heavy atom. The number of para-hydroxylation sites is 2. The number of likely N-dealkylation sites (tertiary alicyclic amines) is 2. The molecule has 1 aromatic heterocycles. The van der Waals surface area contributed by atoms with Crippen molar-refractivity contribution >= 4 is 29.1 Å². The molecule has 2 fully saturated rings. The maximum Gasteiger partial charge on any atom is 0.330 e. The highest BCUT2D eigenvalue weighted by Gasteiger charge is 2.50. The maximum absolute atomic E-state index is 13.6. The van der Waals surface area contributed by atoms with Gasteiger partial charge in [0.15, 0.2) is 5.82 Å². The molecule has 5 rings (SSSR count). The van der Waals surface area contributed by atoms with Gasteiger partial charge in [-0.15, -0.1) is 0 Å². The van der Waals surface area contributed by atoms with E-state index in [0.717, 1.165) is 45.6 Å². The molecule has 3 aliphatic heterocycles. The fourth-order valence-corrected chi connectivity index (χ4v) is 4.86. The first-order valence-corrected chi connectivity index (χ1v) is 10.3. The van der Waals surface area contributed by atoms with E-state index in [0.29, 0.717) is 22.8 Å². The lowest BCUT2D eigenvalue weighted by atomic mass is 9.79. The average molecular weight is 391 g/mol. The van der Waals surface area contributed by atoms with Gasteiger partial charge in [0.2, 0.25) is 0 Å². The Hall–Kier alpha value is -2.93. The lowest BCUT2D eigenvalue weighted by molar-refractivity contribution is 0.0424. The molecule has 7 nitrogen and oxygen atoms in total. The summed E-state index contributed by atoms with van der Waals surface area (Å²) < 4.78 is 0. The van der Waals surface area contributed by atoms with Gasteiger partial charge in [-0.3, -0.25) is 4.79 Å². The van der Waals surface area contributed by atoms with Crippen LogP contribution in [0.1, 0.15) is 30.1 Å². The topological polar surface area (TPSA) is 68.8 Å². The molecule has 0 saturated carbocycles. The van der Waals surface area contributed by atoms with Crippen molar-refractivity contribution in [3.05, 3.63) is 48.2 Å². The quantitative estimate of drug-likeness (QED) is 0.853. The van der Waals surface area contributed by atoms with E-state index in [4.69, 9.17) is 0 Å². The highest BCUT2D eigenvalue weighted by Crippen LogP contribution is 2.43. The number of fused-ring (bicyclic) bond motifs is 2. The monoisotopic (exact) mass is 391 g/mol. The predicted octanol–water partition coefficient (Wildman–Crippen LogP) is 3.32. The van der Waals surface area contributed by atoms with Crippen LogP contribution in [0.15, 0.2) is 42.6 Å². The molecule has 29 heavy (non-hydrogen) atoms. The molecular weight excluding hydrogens is 366 g/mol. The largest absolute Gasteiger partial charge is 0.330 e. The SMILES string of the molecule is CCCN1CCC2(C1)CN(C(=O)N1c3ccccc3NC(=O)c3cccnc31)C2. The van der Waals surface area contributed by atoms with E-state index in [1.165, 1.54) is 0 Å². The van der Waals surface area contributed by atoms with Crippen LogP contribution in [0.3, 0.4) is 0 Å². The summed E-state index contributed by atoms with van der Waals surface area (Å²) in [7, 11) is 0. The molecular formula is C22H25N5O2. The summed E-state index contributed by atoms with van der Waals surface area (Å²) in [6, 6.07) is 10.7. The third-order valence-electron chi connectivity index (χ3n) is 6.21. The van der Waals surface area contributed by atoms with Gasteiger partial charge in [-0.2, -0.15) is 0 Å². The Morgan fingerprint density at radius 3 is 2.83 bits per heavy atom. The molecule has 0 atom stereocenters. The maximum atomic E-state index is 13.6. The smallest absolute Gasteiger partial charge is 0.323 e. The minimum Gasteiger partial charge on any atom is -0.323 e. The van der Waals surface area contributed by atoms with Crippen LogP contribution in [0.4, 0.5) is 22.0 Å². The van der Waals surface area contributed by atoms with Crippen LogP contribution in [-0.2, 0) is 0 Å². The van der Waals surface area contributed by atoms with Crippen LogP contribution in [0.2, 0.25) is 0 Å². The highest BCUT2D eigenvalue weighted by molar-refractivity contribution is 6.16. The van der Waals surface area contributed by atoms with Gasteiger partial charge in [-0.05, 0) is 50.2 Å². The summed E-state index contributed by atoms with van der Waals surface area (Å²) >= 11 is 0. The third-order valence-corrected chi connectivity index (χ3v) is 6.21. The molecule has 7 heteroatoms. The standard InChI is InChI=1S/C22H25N5O2/c1-2-11-25-12-9-22(13-25)14-26(15-22)21(29)27-18-8-4-3-7-17(18)24-20(28)16-6-5-10-23-19(16)27/h3-8,10H,2,9,11-15H2,1H3,(H,24,28). The second-order valence-electron chi connectivity index (χ2n) is 8.35. The molecule has 150 valence electrons. The van der Waals surface area contributed by atoms with Gasteiger partial charge in [-0.1, -0.05) is 19.1 Å². The first-order chi connectivity index (χ1) is 14.1. The number of rotatable bonds is 2. The second-order valence-corrected chi connectivity index (χ2v) is 8.35. The zero-order valence-corrected chi connectivity index (χ0v) is 16.6. The third kappa shape index (κ3) is 2.97. The molecule has 1 N–H and O–H groups in total. The zero-order valence-electron chi connectivity index (χ0n) is 16.6. The molecule has 2 saturated heterocycles. The number of anilines is 3. The molecule has 0 unspecified atom stereocenters. The van der Waals surface area contributed by atoms with Crippen molar-refractivity contribution in [2.45, 2.75) is 19.8 Å². The summed E-state index contributed by atoms with van der Waals surface area (Å²) in [5.74, 6) is 0.141. The van der Waals surface area contributed by atoms with Gasteiger partial charge in [0, 0.05) is 31.2 Å². The van der Waals surface area contributed by atoms with Gasteiger partial charge >= 0.3 is 6.03 Å². The number of carbonyl (C=O) groups excluding carboxylic acids is 2. The van der Waals surface area contributed by atoms with E-state index in [1.807, 2.05) is 29.2 Å². The fourth-order valence-electron chi connectivity index (χ4n) is 4.86. The molecule has 4 heterocycles. The zero-order chi connectivity index (χ0) is 20.0. The van der Waals surface area contributed by atoms with Crippen molar-refractivity contribution in [2.75, 3.05) is 42.9 Å². The van der Waals surface area contributed by atoms with Crippen molar-refractivity contribution in [2.24, 2.45) is 5.41 Å². The molecule has 3 amide bonds. The van der Waals surface area contributed by atoms with Crippen molar-refractivity contribution in [3.63, 3.8) is 0 Å². The number of urea groups is 1. The van der Waals surface area contributed by atoms with Crippen LogP contribution < -0.4 is 10.2 Å². The lowest BCUT2D eigenvalue weighted by Crippen LogP contribution is -2.62. The summed E-state index contributed by atoms with van der Waals surface area (Å²) in [6.07, 6.45) is 3.92. The van der Waals surface area contributed by atoms with Crippen LogP contribution in [0.25, 0.3) is 0 Å². The number of aromatic nitrogens is 1. The van der Waals surface area contributed by atoms with Crippen molar-refractivity contribution in [1.82, 2.24) is 14.8 Å². The van der Waals surface area contributed by atoms with Gasteiger partial charge in [0.1, 0.15) is 0 Å². The fraction of sp³-hybridized carbons (Fsp3) is 0.409. The average Bonchev–Trinajstić information content (AvgIpc) is 3.08. The van der Waals surface area contributed by atoms with Crippen LogP contribution in [-0.4, -0.2) is 59.4 Å². The summed E-state index contributed by atoms with van der Waals surface area (Å²) in [5.41, 5.74) is 1.90. The number of amides is 3. The molecule has 3 aliphatic rings. The number of carbonyl (C=O) groups is 2. The number of hydrogen-bond donors (Lipinski definition) is 1. The summed E-state index contributed by atoms with van der Waals surface area (Å²) in [5, 5.41) is 2.91. The van der Waals surface area contributed by atoms with Gasteiger partial charge in [-0.25, -0.2) is 14.7 Å². The Kier molecular flexibility index (Phi) is 4.28. The number of nitrogens with zero attached hydrogens (tertiary/aromatic N) is 4. The number of hydrogen-bond acceptors (Lipinski definition) is 4. The Bertz CT molecular complexity index is 969. The summed E-state index contributed by atoms with van der Waals surface area (Å²) in [6.45, 7) is 7.03. The normalized spacial score (nSPS) is 20.0. The van der Waals surface area contributed by atoms with Gasteiger partial charge < -0.3 is 15.1 Å². The minimum atomic E-state index is -0.248. The van der Waals surface area contributed by atoms with Crippen LogP contribution >= 0.6 is 0 Å². The Balaban J connectivity index is 1.45. The first kappa shape index (κ1) is 18.1. The second kappa shape index (κ2) is 6.84. The Labute approximate surface area is 170 Å². The van der Waals surface area contributed by atoms with E-state index >= 15 is 0 Å². The van der Waals surface area contributed by atoms with E-state index in [1.54, 1.807) is 23.2 Å². The van der Waals surface area contributed by atoms with E-state index in [9.17, 15) is 9.59 Å². The first-order valence-electron chi connectivity index (χ1n) is 10.3.